The van der Waals surface area contributed by atoms with Gasteiger partial charge >= 0.3 is 0 Å². The first-order valence-corrected chi connectivity index (χ1v) is 10.5. The number of anilines is 1. The molecule has 8 heteroatoms. The summed E-state index contributed by atoms with van der Waals surface area (Å²) in [5, 5.41) is 12.2. The number of hydrogen-bond donors (Lipinski definition) is 1. The molecule has 2 heterocycles. The average molecular weight is 431 g/mol. The summed E-state index contributed by atoms with van der Waals surface area (Å²) in [5.41, 5.74) is 3.08. The van der Waals surface area contributed by atoms with E-state index in [0.29, 0.717) is 29.5 Å². The molecule has 0 atom stereocenters. The van der Waals surface area contributed by atoms with Gasteiger partial charge in [-0.3, -0.25) is 9.78 Å². The van der Waals surface area contributed by atoms with Crippen LogP contribution in [0, 0.1) is 6.92 Å². The van der Waals surface area contributed by atoms with E-state index in [-0.39, 0.29) is 11.6 Å². The molecule has 2 aromatic heterocycles. The molecule has 4 aromatic rings. The van der Waals surface area contributed by atoms with Gasteiger partial charge in [0.25, 0.3) is 5.91 Å². The molecule has 2 aromatic carbocycles. The normalized spacial score (nSPS) is 10.8. The first-order chi connectivity index (χ1) is 15.6. The van der Waals surface area contributed by atoms with Crippen molar-refractivity contribution in [3.63, 3.8) is 0 Å². The van der Waals surface area contributed by atoms with E-state index >= 15 is 0 Å². The third-order valence-corrected chi connectivity index (χ3v) is 5.13. The fourth-order valence-electron chi connectivity index (χ4n) is 3.35. The summed E-state index contributed by atoms with van der Waals surface area (Å²) >= 11 is 0. The average Bonchev–Trinajstić information content (AvgIpc) is 3.21. The predicted octanol–water partition coefficient (Wildman–Crippen LogP) is 4.56. The van der Waals surface area contributed by atoms with E-state index in [1.807, 2.05) is 37.3 Å². The third kappa shape index (κ3) is 4.39. The summed E-state index contributed by atoms with van der Waals surface area (Å²) in [5.74, 6) is 0.831. The molecule has 1 N–H and O–H groups in total. The Balaban J connectivity index is 1.60. The fraction of sp³-hybridized carbons (Fsp3) is 0.250. The maximum Gasteiger partial charge on any atom is 0.278 e. The van der Waals surface area contributed by atoms with Gasteiger partial charge in [0.1, 0.15) is 11.5 Å². The van der Waals surface area contributed by atoms with Crippen LogP contribution in [0.15, 0.2) is 54.7 Å². The number of carbonyl (C=O) groups excluding carboxylic acids is 1. The van der Waals surface area contributed by atoms with Gasteiger partial charge in [0.2, 0.25) is 0 Å². The molecule has 0 bridgehead atoms. The molecule has 0 spiro atoms. The minimum atomic E-state index is -0.371. The first kappa shape index (κ1) is 21.3. The number of unbranched alkanes of at least 4 members (excludes halogenated alkanes) is 1. The van der Waals surface area contributed by atoms with Crippen molar-refractivity contribution in [2.24, 2.45) is 0 Å². The lowest BCUT2D eigenvalue weighted by Crippen LogP contribution is -2.15. The number of nitrogens with one attached hydrogen (secondary N) is 1. The Morgan fingerprint density at radius 2 is 2.03 bits per heavy atom. The third-order valence-electron chi connectivity index (χ3n) is 5.13. The number of rotatable bonds is 8. The van der Waals surface area contributed by atoms with Gasteiger partial charge in [-0.2, -0.15) is 0 Å². The largest absolute Gasteiger partial charge is 0.497 e. The first-order valence-electron chi connectivity index (χ1n) is 10.5. The molecule has 32 heavy (non-hydrogen) atoms. The van der Waals surface area contributed by atoms with Gasteiger partial charge in [0.15, 0.2) is 5.69 Å². The maximum absolute atomic E-state index is 13.0. The standard InChI is InChI=1S/C24H25N5O3/c1-4-5-13-32-22-11-9-19(31-3)15-21(22)26-24(30)23-16(2)29(28-27-23)18-8-10-20-17(14-18)7-6-12-25-20/h6-12,14-15H,4-5,13H2,1-3H3,(H,26,30). The van der Waals surface area contributed by atoms with E-state index in [2.05, 4.69) is 27.5 Å². The van der Waals surface area contributed by atoms with Crippen LogP contribution in [-0.2, 0) is 0 Å². The zero-order valence-corrected chi connectivity index (χ0v) is 18.3. The molecule has 0 saturated heterocycles. The topological polar surface area (TPSA) is 91.2 Å². The predicted molar refractivity (Wildman–Crippen MR) is 123 cm³/mol. The summed E-state index contributed by atoms with van der Waals surface area (Å²) in [6, 6.07) is 15.0. The second-order valence-corrected chi connectivity index (χ2v) is 7.33. The van der Waals surface area contributed by atoms with Crippen molar-refractivity contribution >= 4 is 22.5 Å². The molecule has 1 amide bonds. The lowest BCUT2D eigenvalue weighted by molar-refractivity contribution is 0.102. The van der Waals surface area contributed by atoms with Crippen molar-refractivity contribution in [2.75, 3.05) is 19.0 Å². The van der Waals surface area contributed by atoms with Crippen molar-refractivity contribution in [3.05, 3.63) is 66.1 Å². The SMILES string of the molecule is CCCCOc1ccc(OC)cc1NC(=O)c1nnn(-c2ccc3ncccc3c2)c1C. The lowest BCUT2D eigenvalue weighted by atomic mass is 10.2. The minimum Gasteiger partial charge on any atom is -0.497 e. The van der Waals surface area contributed by atoms with E-state index in [4.69, 9.17) is 9.47 Å². The summed E-state index contributed by atoms with van der Waals surface area (Å²) in [7, 11) is 1.58. The highest BCUT2D eigenvalue weighted by molar-refractivity contribution is 6.04. The number of ether oxygens (including phenoxy) is 2. The van der Waals surface area contributed by atoms with Crippen LogP contribution in [0.25, 0.3) is 16.6 Å². The number of carbonyl (C=O) groups is 1. The van der Waals surface area contributed by atoms with E-state index in [0.717, 1.165) is 29.4 Å². The molecule has 0 aliphatic heterocycles. The molecule has 0 radical (unpaired) electrons. The molecule has 8 nitrogen and oxygen atoms in total. The Morgan fingerprint density at radius 1 is 1.16 bits per heavy atom. The zero-order valence-electron chi connectivity index (χ0n) is 18.3. The van der Waals surface area contributed by atoms with Crippen molar-refractivity contribution in [1.29, 1.82) is 0 Å². The lowest BCUT2D eigenvalue weighted by Gasteiger charge is -2.13. The highest BCUT2D eigenvalue weighted by Crippen LogP contribution is 2.30. The molecule has 0 fully saturated rings. The van der Waals surface area contributed by atoms with E-state index in [1.54, 1.807) is 36.2 Å². The maximum atomic E-state index is 13.0. The van der Waals surface area contributed by atoms with Crippen LogP contribution >= 0.6 is 0 Å². The molecule has 0 saturated carbocycles. The number of aromatic nitrogens is 4. The zero-order chi connectivity index (χ0) is 22.5. The molecular weight excluding hydrogens is 406 g/mol. The van der Waals surface area contributed by atoms with Crippen LogP contribution in [0.5, 0.6) is 11.5 Å². The summed E-state index contributed by atoms with van der Waals surface area (Å²) in [6.45, 7) is 4.47. The van der Waals surface area contributed by atoms with Gasteiger partial charge < -0.3 is 14.8 Å². The minimum absolute atomic E-state index is 0.235. The fourth-order valence-corrected chi connectivity index (χ4v) is 3.35. The second kappa shape index (κ2) is 9.47. The monoisotopic (exact) mass is 431 g/mol. The van der Waals surface area contributed by atoms with Gasteiger partial charge in [-0.25, -0.2) is 4.68 Å². The highest BCUT2D eigenvalue weighted by Gasteiger charge is 2.19. The van der Waals surface area contributed by atoms with Gasteiger partial charge in [-0.05, 0) is 49.7 Å². The van der Waals surface area contributed by atoms with E-state index in [9.17, 15) is 4.79 Å². The van der Waals surface area contributed by atoms with Crippen LogP contribution in [0.4, 0.5) is 5.69 Å². The second-order valence-electron chi connectivity index (χ2n) is 7.33. The van der Waals surface area contributed by atoms with Crippen LogP contribution in [0.2, 0.25) is 0 Å². The van der Waals surface area contributed by atoms with Gasteiger partial charge in [-0.1, -0.05) is 24.6 Å². The van der Waals surface area contributed by atoms with Gasteiger partial charge in [0, 0.05) is 17.6 Å². The van der Waals surface area contributed by atoms with Gasteiger partial charge in [-0.15, -0.1) is 5.10 Å². The molecule has 0 unspecified atom stereocenters. The van der Waals surface area contributed by atoms with Crippen molar-refractivity contribution in [1.82, 2.24) is 20.0 Å². The molecule has 4 rings (SSSR count). The van der Waals surface area contributed by atoms with Gasteiger partial charge in [0.05, 0.1) is 36.3 Å². The summed E-state index contributed by atoms with van der Waals surface area (Å²) < 4.78 is 12.8. The number of fused-ring (bicyclic) bond motifs is 1. The Kier molecular flexibility index (Phi) is 6.30. The van der Waals surface area contributed by atoms with Crippen LogP contribution < -0.4 is 14.8 Å². The van der Waals surface area contributed by atoms with E-state index in [1.165, 1.54) is 0 Å². The molecule has 0 aliphatic rings. The van der Waals surface area contributed by atoms with Crippen LogP contribution in [0.3, 0.4) is 0 Å². The molecule has 164 valence electrons. The number of nitrogens with zero attached hydrogens (tertiary/aromatic N) is 4. The molecule has 0 aliphatic carbocycles. The van der Waals surface area contributed by atoms with Crippen LogP contribution in [-0.4, -0.2) is 39.6 Å². The van der Waals surface area contributed by atoms with Crippen molar-refractivity contribution in [3.8, 4) is 17.2 Å². The Morgan fingerprint density at radius 3 is 2.84 bits per heavy atom. The Hall–Kier alpha value is -3.94. The summed E-state index contributed by atoms with van der Waals surface area (Å²) in [4.78, 5) is 17.4. The van der Waals surface area contributed by atoms with Crippen LogP contribution in [0.1, 0.15) is 35.9 Å². The number of hydrogen-bond acceptors (Lipinski definition) is 6. The quantitative estimate of drug-likeness (QED) is 0.411. The Bertz CT molecular complexity index is 1250. The van der Waals surface area contributed by atoms with Crippen molar-refractivity contribution < 1.29 is 14.3 Å². The number of amides is 1. The van der Waals surface area contributed by atoms with Crippen molar-refractivity contribution in [2.45, 2.75) is 26.7 Å². The molecular formula is C24H25N5O3. The number of benzene rings is 2. The highest BCUT2D eigenvalue weighted by atomic mass is 16.5. The smallest absolute Gasteiger partial charge is 0.278 e. The summed E-state index contributed by atoms with van der Waals surface area (Å²) in [6.07, 6.45) is 3.70. The number of methoxy groups -OCH3 is 1. The Labute approximate surface area is 186 Å². The number of pyridine rings is 1. The van der Waals surface area contributed by atoms with E-state index < -0.39 is 0 Å².